The summed E-state index contributed by atoms with van der Waals surface area (Å²) >= 11 is 5.28. The number of rotatable bonds is 3. The number of benzene rings is 1. The van der Waals surface area contributed by atoms with Crippen LogP contribution >= 0.6 is 12.2 Å². The first kappa shape index (κ1) is 12.8. The van der Waals surface area contributed by atoms with Gasteiger partial charge in [-0.05, 0) is 30.3 Å². The van der Waals surface area contributed by atoms with Crippen LogP contribution in [0.25, 0.3) is 0 Å². The van der Waals surface area contributed by atoms with Crippen LogP contribution in [-0.2, 0) is 0 Å². The topological polar surface area (TPSA) is 58.4 Å². The second kappa shape index (κ2) is 4.89. The van der Waals surface area contributed by atoms with Crippen molar-refractivity contribution in [2.24, 2.45) is 5.92 Å². The van der Waals surface area contributed by atoms with Crippen molar-refractivity contribution < 1.29 is 4.92 Å². The number of hydrogen-bond acceptors (Lipinski definition) is 3. The first-order valence-electron chi connectivity index (χ1n) is 5.81. The molecule has 1 heterocycles. The van der Waals surface area contributed by atoms with E-state index in [1.54, 1.807) is 12.1 Å². The molecule has 1 aromatic rings. The van der Waals surface area contributed by atoms with E-state index < -0.39 is 4.92 Å². The van der Waals surface area contributed by atoms with Crippen molar-refractivity contribution in [1.29, 1.82) is 0 Å². The lowest BCUT2D eigenvalue weighted by molar-refractivity contribution is -0.384. The van der Waals surface area contributed by atoms with Crippen molar-refractivity contribution in [3.8, 4) is 0 Å². The van der Waals surface area contributed by atoms with Crippen LogP contribution in [0, 0.1) is 16.0 Å². The zero-order valence-electron chi connectivity index (χ0n) is 10.3. The maximum atomic E-state index is 10.6. The monoisotopic (exact) mass is 265 g/mol. The Bertz CT molecular complexity index is 473. The van der Waals surface area contributed by atoms with E-state index in [-0.39, 0.29) is 5.69 Å². The number of hydrogen-bond donors (Lipinski definition) is 1. The van der Waals surface area contributed by atoms with Crippen molar-refractivity contribution in [2.45, 2.75) is 19.9 Å². The Morgan fingerprint density at radius 1 is 1.44 bits per heavy atom. The van der Waals surface area contributed by atoms with Gasteiger partial charge in [-0.15, -0.1) is 0 Å². The Morgan fingerprint density at radius 2 is 2.06 bits per heavy atom. The van der Waals surface area contributed by atoms with E-state index >= 15 is 0 Å². The molecule has 18 heavy (non-hydrogen) atoms. The van der Waals surface area contributed by atoms with E-state index in [1.807, 2.05) is 4.90 Å². The summed E-state index contributed by atoms with van der Waals surface area (Å²) in [4.78, 5) is 12.2. The summed E-state index contributed by atoms with van der Waals surface area (Å²) in [5, 5.41) is 14.5. The highest BCUT2D eigenvalue weighted by atomic mass is 32.1. The Labute approximate surface area is 111 Å². The number of thiocarbonyl (C=S) groups is 1. The van der Waals surface area contributed by atoms with Gasteiger partial charge >= 0.3 is 0 Å². The molecule has 1 aliphatic rings. The molecular formula is C12H15N3O2S. The molecule has 0 aliphatic carbocycles. The van der Waals surface area contributed by atoms with Crippen LogP contribution in [0.1, 0.15) is 13.8 Å². The van der Waals surface area contributed by atoms with Crippen molar-refractivity contribution in [1.82, 2.24) is 5.32 Å². The first-order chi connectivity index (χ1) is 8.49. The Kier molecular flexibility index (Phi) is 3.47. The minimum atomic E-state index is -0.402. The highest BCUT2D eigenvalue weighted by Crippen LogP contribution is 2.23. The van der Waals surface area contributed by atoms with Gasteiger partial charge in [0.25, 0.3) is 5.69 Å². The fourth-order valence-electron chi connectivity index (χ4n) is 1.92. The molecule has 1 N–H and O–H groups in total. The predicted octanol–water partition coefficient (Wildman–Crippen LogP) is 2.31. The fraction of sp³-hybridized carbons (Fsp3) is 0.417. The van der Waals surface area contributed by atoms with Gasteiger partial charge in [0, 0.05) is 30.4 Å². The predicted molar refractivity (Wildman–Crippen MR) is 74.8 cm³/mol. The molecule has 5 nitrogen and oxygen atoms in total. The molecule has 1 unspecified atom stereocenters. The van der Waals surface area contributed by atoms with E-state index in [4.69, 9.17) is 12.2 Å². The summed E-state index contributed by atoms with van der Waals surface area (Å²) in [5.41, 5.74) is 0.985. The molecular weight excluding hydrogens is 250 g/mol. The maximum absolute atomic E-state index is 10.6. The summed E-state index contributed by atoms with van der Waals surface area (Å²) in [6.07, 6.45) is 0. The van der Waals surface area contributed by atoms with Crippen molar-refractivity contribution in [2.75, 3.05) is 11.4 Å². The van der Waals surface area contributed by atoms with Crippen LogP contribution in [-0.4, -0.2) is 22.6 Å². The van der Waals surface area contributed by atoms with Crippen molar-refractivity contribution in [3.63, 3.8) is 0 Å². The molecule has 1 aliphatic heterocycles. The smallest absolute Gasteiger partial charge is 0.269 e. The van der Waals surface area contributed by atoms with Gasteiger partial charge in [-0.3, -0.25) is 10.1 Å². The average molecular weight is 265 g/mol. The standard InChI is InChI=1S/C12H15N3O2S/c1-8(2)11-7-14(12(18)13-11)9-3-5-10(6-4-9)15(16)17/h3-6,8,11H,7H2,1-2H3,(H,13,18). The molecule has 0 radical (unpaired) electrons. The van der Waals surface area contributed by atoms with Gasteiger partial charge in [0.15, 0.2) is 5.11 Å². The van der Waals surface area contributed by atoms with Crippen LogP contribution < -0.4 is 10.2 Å². The maximum Gasteiger partial charge on any atom is 0.269 e. The Hall–Kier alpha value is -1.69. The normalized spacial score (nSPS) is 19.2. The zero-order valence-corrected chi connectivity index (χ0v) is 11.1. The van der Waals surface area contributed by atoms with E-state index in [1.165, 1.54) is 12.1 Å². The minimum absolute atomic E-state index is 0.0947. The lowest BCUT2D eigenvalue weighted by atomic mass is 10.1. The van der Waals surface area contributed by atoms with Crippen LogP contribution in [0.15, 0.2) is 24.3 Å². The number of anilines is 1. The lowest BCUT2D eigenvalue weighted by Crippen LogP contribution is -2.31. The molecule has 1 aromatic carbocycles. The SMILES string of the molecule is CC(C)C1CN(c2ccc([N+](=O)[O-])cc2)C(=S)N1. The van der Waals surface area contributed by atoms with Crippen LogP contribution in [0.5, 0.6) is 0 Å². The Balaban J connectivity index is 2.17. The van der Waals surface area contributed by atoms with Crippen LogP contribution in [0.2, 0.25) is 0 Å². The number of nitrogens with one attached hydrogen (secondary N) is 1. The summed E-state index contributed by atoms with van der Waals surface area (Å²) in [5.74, 6) is 0.492. The van der Waals surface area contributed by atoms with Gasteiger partial charge < -0.3 is 10.2 Å². The van der Waals surface area contributed by atoms with Gasteiger partial charge in [-0.2, -0.15) is 0 Å². The minimum Gasteiger partial charge on any atom is -0.357 e. The third kappa shape index (κ3) is 2.43. The molecule has 1 atom stereocenters. The number of nitro groups is 1. The molecule has 6 heteroatoms. The van der Waals surface area contributed by atoms with Gasteiger partial charge in [-0.1, -0.05) is 13.8 Å². The summed E-state index contributed by atoms with van der Waals surface area (Å²) < 4.78 is 0. The van der Waals surface area contributed by atoms with Gasteiger partial charge in [0.1, 0.15) is 0 Å². The summed E-state index contributed by atoms with van der Waals surface area (Å²) in [6, 6.07) is 6.79. The zero-order chi connectivity index (χ0) is 13.3. The molecule has 1 saturated heterocycles. The van der Waals surface area contributed by atoms with E-state index in [9.17, 15) is 10.1 Å². The van der Waals surface area contributed by atoms with E-state index in [0.717, 1.165) is 12.2 Å². The molecule has 0 amide bonds. The van der Waals surface area contributed by atoms with Gasteiger partial charge in [-0.25, -0.2) is 0 Å². The molecule has 2 rings (SSSR count). The second-order valence-electron chi connectivity index (χ2n) is 4.68. The first-order valence-corrected chi connectivity index (χ1v) is 6.22. The van der Waals surface area contributed by atoms with Crippen LogP contribution in [0.3, 0.4) is 0 Å². The fourth-order valence-corrected chi connectivity index (χ4v) is 2.25. The molecule has 0 spiro atoms. The summed E-state index contributed by atoms with van der Waals surface area (Å²) in [6.45, 7) is 5.08. The quantitative estimate of drug-likeness (QED) is 0.516. The molecule has 96 valence electrons. The Morgan fingerprint density at radius 3 is 2.50 bits per heavy atom. The van der Waals surface area contributed by atoms with Gasteiger partial charge in [0.2, 0.25) is 0 Å². The third-order valence-electron chi connectivity index (χ3n) is 3.11. The van der Waals surface area contributed by atoms with E-state index in [2.05, 4.69) is 19.2 Å². The van der Waals surface area contributed by atoms with Gasteiger partial charge in [0.05, 0.1) is 4.92 Å². The number of nitrogens with zero attached hydrogens (tertiary/aromatic N) is 2. The third-order valence-corrected chi connectivity index (χ3v) is 3.45. The second-order valence-corrected chi connectivity index (χ2v) is 5.07. The van der Waals surface area contributed by atoms with Crippen LogP contribution in [0.4, 0.5) is 11.4 Å². The summed E-state index contributed by atoms with van der Waals surface area (Å²) in [7, 11) is 0. The van der Waals surface area contributed by atoms with Crippen molar-refractivity contribution in [3.05, 3.63) is 34.4 Å². The number of non-ortho nitro benzene ring substituents is 1. The highest BCUT2D eigenvalue weighted by Gasteiger charge is 2.28. The number of nitro benzene ring substituents is 1. The average Bonchev–Trinajstić information content (AvgIpc) is 2.71. The molecule has 0 aromatic heterocycles. The molecule has 0 bridgehead atoms. The molecule has 1 fully saturated rings. The molecule has 0 saturated carbocycles. The van der Waals surface area contributed by atoms with Crippen molar-refractivity contribution >= 4 is 28.7 Å². The largest absolute Gasteiger partial charge is 0.357 e. The highest BCUT2D eigenvalue weighted by molar-refractivity contribution is 7.80. The van der Waals surface area contributed by atoms with E-state index in [0.29, 0.717) is 17.1 Å². The lowest BCUT2D eigenvalue weighted by Gasteiger charge is -2.17.